The Morgan fingerprint density at radius 3 is 1.68 bits per heavy atom. The first-order valence-corrected chi connectivity index (χ1v) is 19.3. The molecule has 11 rings (SSSR count). The molecular weight excluding hydrogens is 693 g/mol. The number of nitrogens with zero attached hydrogens (tertiary/aromatic N) is 4. The Hall–Kier alpha value is -7.56. The number of rotatable bonds is 6. The number of hydrogen-bond donors (Lipinski definition) is 0. The van der Waals surface area contributed by atoms with E-state index < -0.39 is 5.41 Å². The summed E-state index contributed by atoms with van der Waals surface area (Å²) in [4.78, 5) is 20.4. The average molecular weight is 727 g/mol. The average Bonchev–Trinajstić information content (AvgIpc) is 3.59. The lowest BCUT2D eigenvalue weighted by Gasteiger charge is -2.34. The summed E-state index contributed by atoms with van der Waals surface area (Å²) in [5.41, 5.74) is 12.8. The van der Waals surface area contributed by atoms with E-state index in [1.807, 2.05) is 30.5 Å². The van der Waals surface area contributed by atoms with E-state index in [2.05, 4.69) is 181 Å². The minimum Gasteiger partial charge on any atom is -0.256 e. The van der Waals surface area contributed by atoms with Gasteiger partial charge in [-0.1, -0.05) is 176 Å². The summed E-state index contributed by atoms with van der Waals surface area (Å²) in [5.74, 6) is 1.88. The number of aromatic nitrogens is 4. The second-order valence-corrected chi connectivity index (χ2v) is 14.6. The van der Waals surface area contributed by atoms with Crippen LogP contribution < -0.4 is 0 Å². The zero-order valence-electron chi connectivity index (χ0n) is 30.9. The predicted octanol–water partition coefficient (Wildman–Crippen LogP) is 12.6. The zero-order chi connectivity index (χ0) is 37.8. The number of pyridine rings is 1. The summed E-state index contributed by atoms with van der Waals surface area (Å²) in [6.45, 7) is 0. The predicted molar refractivity (Wildman–Crippen MR) is 232 cm³/mol. The molecule has 1 aliphatic carbocycles. The number of hydrogen-bond acceptors (Lipinski definition) is 4. The Morgan fingerprint density at radius 2 is 0.912 bits per heavy atom. The molecule has 0 radical (unpaired) electrons. The van der Waals surface area contributed by atoms with Gasteiger partial charge in [0.2, 0.25) is 0 Å². The van der Waals surface area contributed by atoms with Crippen LogP contribution in [0.25, 0.3) is 78.1 Å². The van der Waals surface area contributed by atoms with E-state index in [1.54, 1.807) is 0 Å². The first kappa shape index (κ1) is 32.8. The highest BCUT2D eigenvalue weighted by Gasteiger charge is 2.46. The van der Waals surface area contributed by atoms with Crippen LogP contribution in [0.3, 0.4) is 0 Å². The van der Waals surface area contributed by atoms with Crippen molar-refractivity contribution in [3.05, 3.63) is 229 Å². The van der Waals surface area contributed by atoms with Crippen LogP contribution in [0.4, 0.5) is 0 Å². The maximum absolute atomic E-state index is 5.33. The maximum Gasteiger partial charge on any atom is 0.164 e. The van der Waals surface area contributed by atoms with Gasteiger partial charge < -0.3 is 0 Å². The van der Waals surface area contributed by atoms with E-state index in [-0.39, 0.29) is 0 Å². The van der Waals surface area contributed by atoms with E-state index in [4.69, 9.17) is 15.0 Å². The largest absolute Gasteiger partial charge is 0.256 e. The van der Waals surface area contributed by atoms with E-state index in [0.29, 0.717) is 17.5 Å². The van der Waals surface area contributed by atoms with Gasteiger partial charge in [0.1, 0.15) is 0 Å². The Bertz CT molecular complexity index is 3080. The van der Waals surface area contributed by atoms with Crippen molar-refractivity contribution in [2.24, 2.45) is 0 Å². The van der Waals surface area contributed by atoms with Crippen molar-refractivity contribution in [3.63, 3.8) is 0 Å². The molecule has 2 heterocycles. The molecule has 0 N–H and O–H groups in total. The van der Waals surface area contributed by atoms with Gasteiger partial charge in [-0.2, -0.15) is 0 Å². The lowest BCUT2D eigenvalue weighted by atomic mass is 9.67. The fourth-order valence-electron chi connectivity index (χ4n) is 8.82. The van der Waals surface area contributed by atoms with Crippen LogP contribution in [-0.4, -0.2) is 19.9 Å². The van der Waals surface area contributed by atoms with Crippen LogP contribution in [0.1, 0.15) is 22.3 Å². The normalized spacial score (nSPS) is 12.7. The highest BCUT2D eigenvalue weighted by Crippen LogP contribution is 2.56. The second-order valence-electron chi connectivity index (χ2n) is 14.6. The Kier molecular flexibility index (Phi) is 7.68. The lowest BCUT2D eigenvalue weighted by molar-refractivity contribution is 0.768. The Labute approximate surface area is 330 Å². The third-order valence-electron chi connectivity index (χ3n) is 11.4. The highest BCUT2D eigenvalue weighted by atomic mass is 15.0. The number of benzene rings is 8. The SMILES string of the molecule is c1ccc(-c2nc(-c3ccc4c(c3)C(c3ccccc3)(c3ccccc3)c3ccccc3-4)nc(-c3cccc4ccc(-c5ccc6cccnc6c5)cc34)n2)cc1. The quantitative estimate of drug-likeness (QED) is 0.171. The lowest BCUT2D eigenvalue weighted by Crippen LogP contribution is -2.28. The fourth-order valence-corrected chi connectivity index (χ4v) is 8.82. The van der Waals surface area contributed by atoms with Gasteiger partial charge in [-0.25, -0.2) is 15.0 Å². The smallest absolute Gasteiger partial charge is 0.164 e. The van der Waals surface area contributed by atoms with Gasteiger partial charge in [-0.3, -0.25) is 4.98 Å². The summed E-state index contributed by atoms with van der Waals surface area (Å²) < 4.78 is 0. The van der Waals surface area contributed by atoms with Crippen LogP contribution in [0.5, 0.6) is 0 Å². The molecule has 0 unspecified atom stereocenters. The molecule has 4 heteroatoms. The highest BCUT2D eigenvalue weighted by molar-refractivity contribution is 5.99. The second kappa shape index (κ2) is 13.3. The standard InChI is InChI=1S/C53H34N4/c1-4-14-37(15-5-1)50-55-51(57-52(56-50)45-23-12-16-35-25-27-38(32-46(35)45)39-28-26-36-17-13-31-54-49(36)34-39)40-29-30-44-43-22-10-11-24-47(43)53(48(44)33-40,41-18-6-2-7-19-41)42-20-8-3-9-21-42/h1-34H. The summed E-state index contributed by atoms with van der Waals surface area (Å²) in [5, 5.41) is 3.31. The van der Waals surface area contributed by atoms with E-state index in [0.717, 1.165) is 49.5 Å². The van der Waals surface area contributed by atoms with E-state index >= 15 is 0 Å². The molecule has 2 aromatic heterocycles. The van der Waals surface area contributed by atoms with Crippen molar-refractivity contribution in [2.75, 3.05) is 0 Å². The first-order valence-electron chi connectivity index (χ1n) is 19.3. The van der Waals surface area contributed by atoms with Crippen LogP contribution >= 0.6 is 0 Å². The van der Waals surface area contributed by atoms with Gasteiger partial charge in [0.25, 0.3) is 0 Å². The minimum atomic E-state index is -0.535. The molecule has 10 aromatic rings. The van der Waals surface area contributed by atoms with Gasteiger partial charge in [0.05, 0.1) is 10.9 Å². The fraction of sp³-hybridized carbons (Fsp3) is 0.0189. The molecule has 0 bridgehead atoms. The van der Waals surface area contributed by atoms with Gasteiger partial charge in [0, 0.05) is 28.3 Å². The first-order chi connectivity index (χ1) is 28.2. The molecule has 0 atom stereocenters. The Balaban J connectivity index is 1.13. The van der Waals surface area contributed by atoms with Crippen LogP contribution in [0, 0.1) is 0 Å². The minimum absolute atomic E-state index is 0.535. The third-order valence-corrected chi connectivity index (χ3v) is 11.4. The molecule has 0 saturated carbocycles. The van der Waals surface area contributed by atoms with Gasteiger partial charge in [-0.15, -0.1) is 0 Å². The summed E-state index contributed by atoms with van der Waals surface area (Å²) in [7, 11) is 0. The van der Waals surface area contributed by atoms with Crippen LogP contribution in [-0.2, 0) is 5.41 Å². The Morgan fingerprint density at radius 1 is 0.333 bits per heavy atom. The molecule has 0 saturated heterocycles. The van der Waals surface area contributed by atoms with Crippen molar-refractivity contribution in [2.45, 2.75) is 5.41 Å². The molecule has 266 valence electrons. The monoisotopic (exact) mass is 726 g/mol. The zero-order valence-corrected chi connectivity index (χ0v) is 30.9. The molecular formula is C53H34N4. The molecule has 1 aliphatic rings. The molecule has 4 nitrogen and oxygen atoms in total. The number of fused-ring (bicyclic) bond motifs is 5. The molecule has 0 fully saturated rings. The van der Waals surface area contributed by atoms with E-state index in [1.165, 1.54) is 33.4 Å². The summed E-state index contributed by atoms with van der Waals surface area (Å²) >= 11 is 0. The maximum atomic E-state index is 5.33. The summed E-state index contributed by atoms with van der Waals surface area (Å²) in [6, 6.07) is 71.0. The van der Waals surface area contributed by atoms with E-state index in [9.17, 15) is 0 Å². The van der Waals surface area contributed by atoms with Gasteiger partial charge in [0.15, 0.2) is 17.5 Å². The van der Waals surface area contributed by atoms with Crippen molar-refractivity contribution in [1.29, 1.82) is 0 Å². The van der Waals surface area contributed by atoms with Crippen LogP contribution in [0.15, 0.2) is 206 Å². The molecule has 0 amide bonds. The third kappa shape index (κ3) is 5.37. The van der Waals surface area contributed by atoms with Crippen molar-refractivity contribution < 1.29 is 0 Å². The molecule has 0 aliphatic heterocycles. The molecule has 0 spiro atoms. The van der Waals surface area contributed by atoms with Crippen molar-refractivity contribution >= 4 is 21.7 Å². The molecule has 57 heavy (non-hydrogen) atoms. The van der Waals surface area contributed by atoms with Crippen molar-refractivity contribution in [1.82, 2.24) is 19.9 Å². The molecule has 8 aromatic carbocycles. The van der Waals surface area contributed by atoms with Crippen LogP contribution in [0.2, 0.25) is 0 Å². The van der Waals surface area contributed by atoms with Gasteiger partial charge in [-0.05, 0) is 79.5 Å². The van der Waals surface area contributed by atoms with Gasteiger partial charge >= 0.3 is 0 Å². The summed E-state index contributed by atoms with van der Waals surface area (Å²) in [6.07, 6.45) is 1.84. The topological polar surface area (TPSA) is 51.6 Å². The van der Waals surface area contributed by atoms with Crippen molar-refractivity contribution in [3.8, 4) is 56.4 Å².